The number of carboxylic acid groups (broad SMARTS) is 3. The Morgan fingerprint density at radius 3 is 1.50 bits per heavy atom. The molecule has 1 aromatic rings. The van der Waals surface area contributed by atoms with E-state index in [1.54, 1.807) is 6.92 Å². The van der Waals surface area contributed by atoms with E-state index in [2.05, 4.69) is 0 Å². The number of hydrogen-bond donors (Lipinski definition) is 0. The summed E-state index contributed by atoms with van der Waals surface area (Å²) in [6.45, 7) is 1.80. The number of carbonyl (C=O) groups is 3. The third-order valence-electron chi connectivity index (χ3n) is 1.82. The zero-order chi connectivity index (χ0) is 14.1. The molecule has 98 valence electrons. The number of rotatable bonds is 4. The first-order valence-corrected chi connectivity index (χ1v) is 5.11. The van der Waals surface area contributed by atoms with E-state index in [1.165, 1.54) is 12.1 Å². The van der Waals surface area contributed by atoms with Crippen molar-refractivity contribution < 1.29 is 29.7 Å². The summed E-state index contributed by atoms with van der Waals surface area (Å²) in [5.74, 6) is -4.00. The van der Waals surface area contributed by atoms with Crippen LogP contribution < -0.4 is 15.3 Å². The Hall–Kier alpha value is -2.37. The van der Waals surface area contributed by atoms with Gasteiger partial charge in [0.15, 0.2) is 0 Å². The maximum Gasteiger partial charge on any atom is 0.0721 e. The van der Waals surface area contributed by atoms with Gasteiger partial charge >= 0.3 is 0 Å². The van der Waals surface area contributed by atoms with E-state index >= 15 is 0 Å². The zero-order valence-corrected chi connectivity index (χ0v) is 9.67. The Kier molecular flexibility index (Phi) is 6.80. The number of aromatic carboxylic acids is 2. The van der Waals surface area contributed by atoms with Crippen LogP contribution in [0.3, 0.4) is 0 Å². The molecule has 1 rings (SSSR count). The molecule has 0 atom stereocenters. The second-order valence-electron chi connectivity index (χ2n) is 3.24. The summed E-state index contributed by atoms with van der Waals surface area (Å²) in [6.07, 6.45) is 0.850. The fraction of sp³-hybridized carbons (Fsp3) is 0.250. The highest BCUT2D eigenvalue weighted by Crippen LogP contribution is 2.05. The Balaban J connectivity index is 0.000000411. The van der Waals surface area contributed by atoms with Crippen LogP contribution in [-0.2, 0) is 4.79 Å². The van der Waals surface area contributed by atoms with E-state index in [9.17, 15) is 29.7 Å². The van der Waals surface area contributed by atoms with Crippen LogP contribution in [0.2, 0.25) is 0 Å². The van der Waals surface area contributed by atoms with Crippen molar-refractivity contribution in [2.24, 2.45) is 0 Å². The normalized spacial score (nSPS) is 8.94. The second-order valence-corrected chi connectivity index (χ2v) is 3.24. The minimum atomic E-state index is -1.52. The molecule has 0 fully saturated rings. The van der Waals surface area contributed by atoms with Crippen LogP contribution >= 0.6 is 0 Å². The first kappa shape index (κ1) is 15.6. The van der Waals surface area contributed by atoms with E-state index in [4.69, 9.17) is 0 Å². The van der Waals surface area contributed by atoms with Crippen LogP contribution in [0.25, 0.3) is 0 Å². The highest BCUT2D eigenvalue weighted by Gasteiger charge is 2.01. The molecule has 0 aliphatic carbocycles. The SMILES string of the molecule is CCCC(=O)[O-].O=C([O-])c1ccccc1C(=O)[O-]. The van der Waals surface area contributed by atoms with E-state index in [0.717, 1.165) is 12.1 Å². The van der Waals surface area contributed by atoms with Gasteiger partial charge in [0.1, 0.15) is 0 Å². The molecule has 0 heterocycles. The number of aliphatic carboxylic acids is 1. The van der Waals surface area contributed by atoms with Crippen LogP contribution in [-0.4, -0.2) is 17.9 Å². The minimum absolute atomic E-state index is 0.181. The monoisotopic (exact) mass is 251 g/mol. The molecule has 6 nitrogen and oxygen atoms in total. The Morgan fingerprint density at radius 2 is 1.33 bits per heavy atom. The van der Waals surface area contributed by atoms with Crippen LogP contribution in [0.1, 0.15) is 40.5 Å². The highest BCUT2D eigenvalue weighted by atomic mass is 16.4. The largest absolute Gasteiger partial charge is 0.550 e. The van der Waals surface area contributed by atoms with Gasteiger partial charge in [0.2, 0.25) is 0 Å². The molecule has 0 spiro atoms. The standard InChI is InChI=1S/C8H6O4.C4H8O2/c9-7(10)5-3-1-2-4-6(5)8(11)12;1-2-3-4(5)6/h1-4H,(H,9,10)(H,11,12);2-3H2,1H3,(H,5,6)/p-3. The number of carbonyl (C=O) groups excluding carboxylic acids is 3. The van der Waals surface area contributed by atoms with Crippen LogP contribution in [0.15, 0.2) is 24.3 Å². The van der Waals surface area contributed by atoms with Gasteiger partial charge < -0.3 is 29.7 Å². The Labute approximate surface area is 103 Å². The van der Waals surface area contributed by atoms with Gasteiger partial charge in [0, 0.05) is 17.1 Å². The molecule has 0 bridgehead atoms. The molecule has 18 heavy (non-hydrogen) atoms. The number of benzene rings is 1. The minimum Gasteiger partial charge on any atom is -0.550 e. The van der Waals surface area contributed by atoms with E-state index in [0.29, 0.717) is 6.42 Å². The van der Waals surface area contributed by atoms with Crippen LogP contribution in [0, 0.1) is 0 Å². The molecular weight excluding hydrogens is 240 g/mol. The predicted molar refractivity (Wildman–Crippen MR) is 55.0 cm³/mol. The van der Waals surface area contributed by atoms with Gasteiger partial charge in [0.05, 0.1) is 11.9 Å². The van der Waals surface area contributed by atoms with Gasteiger partial charge in [-0.3, -0.25) is 0 Å². The lowest BCUT2D eigenvalue weighted by atomic mass is 10.1. The van der Waals surface area contributed by atoms with E-state index in [1.807, 2.05) is 0 Å². The summed E-state index contributed by atoms with van der Waals surface area (Å²) < 4.78 is 0. The van der Waals surface area contributed by atoms with Crippen molar-refractivity contribution in [3.63, 3.8) is 0 Å². The predicted octanol–water partition coefficient (Wildman–Crippen LogP) is -2.05. The lowest BCUT2D eigenvalue weighted by Crippen LogP contribution is -2.29. The summed E-state index contributed by atoms with van der Waals surface area (Å²) in [6, 6.07) is 5.14. The summed E-state index contributed by atoms with van der Waals surface area (Å²) in [4.78, 5) is 30.1. The molecular formula is C12H11O6-3. The van der Waals surface area contributed by atoms with Gasteiger partial charge in [-0.2, -0.15) is 0 Å². The van der Waals surface area contributed by atoms with Crippen molar-refractivity contribution in [1.29, 1.82) is 0 Å². The van der Waals surface area contributed by atoms with Crippen molar-refractivity contribution in [2.75, 3.05) is 0 Å². The average molecular weight is 251 g/mol. The molecule has 0 N–H and O–H groups in total. The summed E-state index contributed by atoms with van der Waals surface area (Å²) in [7, 11) is 0. The lowest BCUT2D eigenvalue weighted by Gasteiger charge is -2.09. The first-order chi connectivity index (χ1) is 8.40. The summed E-state index contributed by atoms with van der Waals surface area (Å²) >= 11 is 0. The van der Waals surface area contributed by atoms with Crippen molar-refractivity contribution in [3.8, 4) is 0 Å². The molecule has 0 saturated heterocycles. The van der Waals surface area contributed by atoms with Gasteiger partial charge in [0.25, 0.3) is 0 Å². The van der Waals surface area contributed by atoms with E-state index in [-0.39, 0.29) is 17.5 Å². The molecule has 6 heteroatoms. The maximum atomic E-state index is 10.3. The second kappa shape index (κ2) is 7.83. The van der Waals surface area contributed by atoms with Crippen LogP contribution in [0.5, 0.6) is 0 Å². The quantitative estimate of drug-likeness (QED) is 0.607. The molecule has 1 aromatic carbocycles. The molecule has 0 amide bonds. The fourth-order valence-corrected chi connectivity index (χ4v) is 1.04. The molecule has 0 radical (unpaired) electrons. The fourth-order valence-electron chi connectivity index (χ4n) is 1.04. The third kappa shape index (κ3) is 5.64. The van der Waals surface area contributed by atoms with E-state index < -0.39 is 17.9 Å². The van der Waals surface area contributed by atoms with Crippen molar-refractivity contribution >= 4 is 17.9 Å². The maximum absolute atomic E-state index is 10.3. The Morgan fingerprint density at radius 1 is 0.944 bits per heavy atom. The van der Waals surface area contributed by atoms with Gasteiger partial charge in [-0.25, -0.2) is 0 Å². The van der Waals surface area contributed by atoms with Crippen LogP contribution in [0.4, 0.5) is 0 Å². The number of hydrogen-bond acceptors (Lipinski definition) is 6. The van der Waals surface area contributed by atoms with Gasteiger partial charge in [-0.05, 0) is 6.42 Å². The molecule has 0 saturated carbocycles. The smallest absolute Gasteiger partial charge is 0.0721 e. The van der Waals surface area contributed by atoms with Crippen molar-refractivity contribution in [2.45, 2.75) is 19.8 Å². The van der Waals surface area contributed by atoms with Gasteiger partial charge in [-0.1, -0.05) is 37.6 Å². The van der Waals surface area contributed by atoms with Crippen molar-refractivity contribution in [3.05, 3.63) is 35.4 Å². The van der Waals surface area contributed by atoms with Gasteiger partial charge in [-0.15, -0.1) is 0 Å². The summed E-state index contributed by atoms with van der Waals surface area (Å²) in [5.41, 5.74) is -0.727. The molecule has 0 unspecified atom stereocenters. The third-order valence-corrected chi connectivity index (χ3v) is 1.82. The average Bonchev–Trinajstić information content (AvgIpc) is 2.29. The molecule has 0 aromatic heterocycles. The highest BCUT2D eigenvalue weighted by molar-refractivity contribution is 5.99. The Bertz CT molecular complexity index is 405. The number of carboxylic acids is 3. The summed E-state index contributed by atoms with van der Waals surface area (Å²) in [5, 5.41) is 30.1. The zero-order valence-electron chi connectivity index (χ0n) is 9.67. The molecule has 0 aliphatic heterocycles. The first-order valence-electron chi connectivity index (χ1n) is 5.11. The lowest BCUT2D eigenvalue weighted by molar-refractivity contribution is -0.305. The molecule has 0 aliphatic rings. The van der Waals surface area contributed by atoms with Crippen molar-refractivity contribution in [1.82, 2.24) is 0 Å². The topological polar surface area (TPSA) is 120 Å².